The maximum absolute atomic E-state index is 12.2. The van der Waals surface area contributed by atoms with Gasteiger partial charge in [-0.3, -0.25) is 9.10 Å². The quantitative estimate of drug-likeness (QED) is 0.791. The summed E-state index contributed by atoms with van der Waals surface area (Å²) in [5.41, 5.74) is 1.48. The second-order valence-electron chi connectivity index (χ2n) is 6.24. The number of anilines is 1. The summed E-state index contributed by atoms with van der Waals surface area (Å²) in [4.78, 5) is 12.2. The second kappa shape index (κ2) is 8.34. The van der Waals surface area contributed by atoms with Gasteiger partial charge in [0, 0.05) is 6.04 Å². The molecule has 1 rings (SSSR count). The lowest BCUT2D eigenvalue weighted by atomic mass is 10.0. The lowest BCUT2D eigenvalue weighted by Gasteiger charge is -2.26. The van der Waals surface area contributed by atoms with Crippen LogP contribution in [0.4, 0.5) is 5.69 Å². The average Bonchev–Trinajstić information content (AvgIpc) is 2.43. The number of benzene rings is 1. The van der Waals surface area contributed by atoms with Gasteiger partial charge in [-0.1, -0.05) is 45.4 Å². The maximum atomic E-state index is 12.2. The van der Waals surface area contributed by atoms with Crippen LogP contribution in [-0.4, -0.2) is 33.2 Å². The molecule has 0 radical (unpaired) electrons. The molecule has 23 heavy (non-hydrogen) atoms. The Hall–Kier alpha value is -1.56. The molecule has 0 aliphatic heterocycles. The van der Waals surface area contributed by atoms with Crippen LogP contribution in [0.3, 0.4) is 0 Å². The van der Waals surface area contributed by atoms with E-state index in [-0.39, 0.29) is 24.4 Å². The van der Waals surface area contributed by atoms with Gasteiger partial charge >= 0.3 is 0 Å². The molecule has 0 saturated heterocycles. The van der Waals surface area contributed by atoms with Crippen molar-refractivity contribution >= 4 is 21.6 Å². The van der Waals surface area contributed by atoms with Crippen molar-refractivity contribution in [2.45, 2.75) is 52.5 Å². The lowest BCUT2D eigenvalue weighted by Crippen LogP contribution is -2.43. The minimum atomic E-state index is -3.54. The Kier molecular flexibility index (Phi) is 7.06. The normalized spacial score (nSPS) is 13.0. The van der Waals surface area contributed by atoms with Crippen molar-refractivity contribution in [3.8, 4) is 0 Å². The third-order valence-corrected chi connectivity index (χ3v) is 4.77. The van der Waals surface area contributed by atoms with Crippen LogP contribution < -0.4 is 9.62 Å². The fourth-order valence-electron chi connectivity index (χ4n) is 2.54. The fraction of sp³-hybridized carbons (Fsp3) is 0.588. The van der Waals surface area contributed by atoms with Gasteiger partial charge in [0.15, 0.2) is 0 Å². The molecule has 0 aromatic heterocycles. The highest BCUT2D eigenvalue weighted by Gasteiger charge is 2.24. The first-order valence-corrected chi connectivity index (χ1v) is 9.87. The van der Waals surface area contributed by atoms with Gasteiger partial charge < -0.3 is 5.32 Å². The van der Waals surface area contributed by atoms with Crippen LogP contribution in [0.1, 0.15) is 52.0 Å². The zero-order chi connectivity index (χ0) is 17.6. The van der Waals surface area contributed by atoms with Crippen LogP contribution in [0.2, 0.25) is 0 Å². The van der Waals surface area contributed by atoms with Gasteiger partial charge in [-0.2, -0.15) is 0 Å². The molecule has 1 aromatic rings. The Morgan fingerprint density at radius 1 is 1.22 bits per heavy atom. The molecule has 1 unspecified atom stereocenters. The van der Waals surface area contributed by atoms with Crippen molar-refractivity contribution in [3.63, 3.8) is 0 Å². The second-order valence-corrected chi connectivity index (χ2v) is 8.15. The van der Waals surface area contributed by atoms with Gasteiger partial charge in [-0.25, -0.2) is 8.42 Å². The third kappa shape index (κ3) is 5.86. The summed E-state index contributed by atoms with van der Waals surface area (Å²) in [5.74, 6) is -0.118. The molecule has 1 amide bonds. The Morgan fingerprint density at radius 2 is 1.83 bits per heavy atom. The van der Waals surface area contributed by atoms with Crippen LogP contribution in [-0.2, 0) is 14.8 Å². The molecular weight excluding hydrogens is 312 g/mol. The molecule has 1 aromatic carbocycles. The molecule has 6 heteroatoms. The summed E-state index contributed by atoms with van der Waals surface area (Å²) in [6, 6.07) is 7.35. The topological polar surface area (TPSA) is 66.5 Å². The van der Waals surface area contributed by atoms with E-state index in [1.54, 1.807) is 12.1 Å². The molecule has 5 nitrogen and oxygen atoms in total. The van der Waals surface area contributed by atoms with E-state index >= 15 is 0 Å². The predicted octanol–water partition coefficient (Wildman–Crippen LogP) is 2.88. The van der Waals surface area contributed by atoms with Crippen LogP contribution in [0, 0.1) is 0 Å². The van der Waals surface area contributed by atoms with Crippen molar-refractivity contribution in [1.29, 1.82) is 0 Å². The summed E-state index contributed by atoms with van der Waals surface area (Å²) in [5, 5.41) is 2.86. The van der Waals surface area contributed by atoms with Gasteiger partial charge in [-0.05, 0) is 30.9 Å². The SMILES string of the molecule is CCCC(C)NC(=O)CN(c1ccccc1C(C)C)S(C)(=O)=O. The average molecular weight is 340 g/mol. The summed E-state index contributed by atoms with van der Waals surface area (Å²) in [6.07, 6.45) is 2.97. The number of rotatable bonds is 8. The zero-order valence-electron chi connectivity index (χ0n) is 14.7. The highest BCUT2D eigenvalue weighted by Crippen LogP contribution is 2.28. The van der Waals surface area contributed by atoms with E-state index in [9.17, 15) is 13.2 Å². The highest BCUT2D eigenvalue weighted by atomic mass is 32.2. The molecule has 0 heterocycles. The van der Waals surface area contributed by atoms with Gasteiger partial charge in [-0.15, -0.1) is 0 Å². The molecule has 0 saturated carbocycles. The standard InChI is InChI=1S/C17H28N2O3S/c1-6-9-14(4)18-17(20)12-19(23(5,21)22)16-11-8-7-10-15(16)13(2)3/h7-8,10-11,13-14H,6,9,12H2,1-5H3,(H,18,20). The van der Waals surface area contributed by atoms with E-state index in [0.29, 0.717) is 5.69 Å². The minimum Gasteiger partial charge on any atom is -0.352 e. The Labute approximate surface area is 140 Å². The number of sulfonamides is 1. The van der Waals surface area contributed by atoms with Crippen molar-refractivity contribution in [2.75, 3.05) is 17.1 Å². The van der Waals surface area contributed by atoms with Gasteiger partial charge in [0.1, 0.15) is 6.54 Å². The molecule has 0 fully saturated rings. The zero-order valence-corrected chi connectivity index (χ0v) is 15.5. The largest absolute Gasteiger partial charge is 0.352 e. The first-order valence-electron chi connectivity index (χ1n) is 8.02. The van der Waals surface area contributed by atoms with Crippen molar-refractivity contribution in [2.24, 2.45) is 0 Å². The molecular formula is C17H28N2O3S. The first-order chi connectivity index (χ1) is 10.7. The molecule has 130 valence electrons. The van der Waals surface area contributed by atoms with Gasteiger partial charge in [0.2, 0.25) is 15.9 Å². The van der Waals surface area contributed by atoms with Gasteiger partial charge in [0.25, 0.3) is 0 Å². The summed E-state index contributed by atoms with van der Waals surface area (Å²) >= 11 is 0. The molecule has 0 aliphatic rings. The first kappa shape index (κ1) is 19.5. The maximum Gasteiger partial charge on any atom is 0.240 e. The molecule has 0 spiro atoms. The predicted molar refractivity (Wildman–Crippen MR) is 95.2 cm³/mol. The number of hydrogen-bond acceptors (Lipinski definition) is 3. The lowest BCUT2D eigenvalue weighted by molar-refractivity contribution is -0.120. The van der Waals surface area contributed by atoms with E-state index in [1.165, 1.54) is 4.31 Å². The number of amides is 1. The van der Waals surface area contributed by atoms with Crippen LogP contribution in [0.15, 0.2) is 24.3 Å². The summed E-state index contributed by atoms with van der Waals surface area (Å²) < 4.78 is 25.6. The summed E-state index contributed by atoms with van der Waals surface area (Å²) in [6.45, 7) is 7.78. The molecule has 1 atom stereocenters. The third-order valence-electron chi connectivity index (χ3n) is 3.64. The summed E-state index contributed by atoms with van der Waals surface area (Å²) in [7, 11) is -3.54. The monoisotopic (exact) mass is 340 g/mol. The van der Waals surface area contributed by atoms with Crippen molar-refractivity contribution < 1.29 is 13.2 Å². The van der Waals surface area contributed by atoms with E-state index in [1.807, 2.05) is 39.8 Å². The molecule has 0 aliphatic carbocycles. The Balaban J connectivity index is 3.07. The van der Waals surface area contributed by atoms with E-state index in [2.05, 4.69) is 5.32 Å². The number of carbonyl (C=O) groups excluding carboxylic acids is 1. The number of nitrogens with zero attached hydrogens (tertiary/aromatic N) is 1. The van der Waals surface area contributed by atoms with Crippen molar-refractivity contribution in [1.82, 2.24) is 5.32 Å². The Bertz CT molecular complexity index is 626. The van der Waals surface area contributed by atoms with E-state index < -0.39 is 10.0 Å². The smallest absolute Gasteiger partial charge is 0.240 e. The van der Waals surface area contributed by atoms with Crippen LogP contribution in [0.5, 0.6) is 0 Å². The Morgan fingerprint density at radius 3 is 2.35 bits per heavy atom. The number of hydrogen-bond donors (Lipinski definition) is 1. The van der Waals surface area contributed by atoms with E-state index in [4.69, 9.17) is 0 Å². The highest BCUT2D eigenvalue weighted by molar-refractivity contribution is 7.92. The van der Waals surface area contributed by atoms with Crippen molar-refractivity contribution in [3.05, 3.63) is 29.8 Å². The van der Waals surface area contributed by atoms with Gasteiger partial charge in [0.05, 0.1) is 11.9 Å². The van der Waals surface area contributed by atoms with E-state index in [0.717, 1.165) is 24.7 Å². The fourth-order valence-corrected chi connectivity index (χ4v) is 3.42. The van der Waals surface area contributed by atoms with Crippen LogP contribution in [0.25, 0.3) is 0 Å². The van der Waals surface area contributed by atoms with Crippen LogP contribution >= 0.6 is 0 Å². The minimum absolute atomic E-state index is 0.0363. The number of para-hydroxylation sites is 1. The number of nitrogens with one attached hydrogen (secondary N) is 1. The number of carbonyl (C=O) groups is 1. The molecule has 1 N–H and O–H groups in total. The molecule has 0 bridgehead atoms.